The molecule has 0 aliphatic heterocycles. The molecule has 0 aliphatic carbocycles. The zero-order valence-corrected chi connectivity index (χ0v) is 10.3. The fourth-order valence-electron chi connectivity index (χ4n) is 1.32. The van der Waals surface area contributed by atoms with Crippen molar-refractivity contribution in [2.75, 3.05) is 12.5 Å². The van der Waals surface area contributed by atoms with E-state index in [0.717, 1.165) is 5.56 Å². The van der Waals surface area contributed by atoms with E-state index in [9.17, 15) is 0 Å². The molecule has 0 atom stereocenters. The van der Waals surface area contributed by atoms with E-state index in [1.165, 1.54) is 15.4 Å². The summed E-state index contributed by atoms with van der Waals surface area (Å²) in [5.41, 5.74) is 2.47. The maximum absolute atomic E-state index is 5.10. The lowest BCUT2D eigenvalue weighted by Gasteiger charge is -2.10. The second-order valence-corrected chi connectivity index (χ2v) is 4.64. The van der Waals surface area contributed by atoms with Gasteiger partial charge in [0.2, 0.25) is 0 Å². The Labute approximate surface area is 93.5 Å². The van der Waals surface area contributed by atoms with E-state index in [2.05, 4.69) is 36.4 Å². The molecule has 0 heterocycles. The van der Waals surface area contributed by atoms with Crippen LogP contribution in [0.25, 0.3) is 0 Å². The van der Waals surface area contributed by atoms with Crippen molar-refractivity contribution in [1.29, 1.82) is 0 Å². The number of hydrogen-bond acceptors (Lipinski definition) is 4. The first-order valence-electron chi connectivity index (χ1n) is 4.26. The lowest BCUT2D eigenvalue weighted by atomic mass is 10.1. The lowest BCUT2D eigenvalue weighted by molar-refractivity contribution is 0.122. The Morgan fingerprint density at radius 2 is 1.86 bits per heavy atom. The van der Waals surface area contributed by atoms with Gasteiger partial charge >= 0.3 is 0 Å². The minimum atomic E-state index is 0.476. The Morgan fingerprint density at radius 1 is 1.21 bits per heavy atom. The molecule has 0 saturated heterocycles. The van der Waals surface area contributed by atoms with Gasteiger partial charge in [-0.15, -0.1) is 23.5 Å². The summed E-state index contributed by atoms with van der Waals surface area (Å²) >= 11 is 3.47. The van der Waals surface area contributed by atoms with Crippen LogP contribution in [0.1, 0.15) is 11.1 Å². The third-order valence-electron chi connectivity index (χ3n) is 2.04. The predicted molar refractivity (Wildman–Crippen MR) is 63.7 cm³/mol. The van der Waals surface area contributed by atoms with Gasteiger partial charge in [0.05, 0.1) is 6.61 Å². The molecule has 1 aromatic carbocycles. The normalized spacial score (nSPS) is 10.6. The Kier molecular flexibility index (Phi) is 4.81. The van der Waals surface area contributed by atoms with Crippen LogP contribution >= 0.6 is 23.5 Å². The SMILES string of the molecule is CSc1cc(CON)c(SC)cc1C. The predicted octanol–water partition coefficient (Wildman–Crippen LogP) is 2.83. The summed E-state index contributed by atoms with van der Waals surface area (Å²) < 4.78 is 0. The molecule has 0 aromatic heterocycles. The Morgan fingerprint density at radius 3 is 2.36 bits per heavy atom. The van der Waals surface area contributed by atoms with Gasteiger partial charge < -0.3 is 0 Å². The van der Waals surface area contributed by atoms with Crippen molar-refractivity contribution in [2.24, 2.45) is 5.90 Å². The van der Waals surface area contributed by atoms with E-state index in [0.29, 0.717) is 6.61 Å². The quantitative estimate of drug-likeness (QED) is 0.636. The van der Waals surface area contributed by atoms with Crippen molar-refractivity contribution in [3.05, 3.63) is 23.3 Å². The number of thioether (sulfide) groups is 2. The van der Waals surface area contributed by atoms with Crippen LogP contribution in [0.15, 0.2) is 21.9 Å². The Hall–Kier alpha value is -0.160. The minimum absolute atomic E-state index is 0.476. The van der Waals surface area contributed by atoms with Crippen LogP contribution in [-0.2, 0) is 11.4 Å². The minimum Gasteiger partial charge on any atom is -0.300 e. The number of aryl methyl sites for hydroxylation is 1. The van der Waals surface area contributed by atoms with Gasteiger partial charge in [-0.3, -0.25) is 4.84 Å². The molecule has 2 N–H and O–H groups in total. The van der Waals surface area contributed by atoms with Crippen LogP contribution in [-0.4, -0.2) is 12.5 Å². The summed E-state index contributed by atoms with van der Waals surface area (Å²) in [5, 5.41) is 0. The summed E-state index contributed by atoms with van der Waals surface area (Å²) in [6, 6.07) is 4.34. The standard InChI is InChI=1S/C10H15NOS2/c1-7-4-10(14-3)8(6-12-11)5-9(7)13-2/h4-5H,6,11H2,1-3H3. The van der Waals surface area contributed by atoms with Gasteiger partial charge in [0.15, 0.2) is 0 Å². The molecule has 0 saturated carbocycles. The van der Waals surface area contributed by atoms with Gasteiger partial charge in [-0.05, 0) is 42.7 Å². The highest BCUT2D eigenvalue weighted by Gasteiger charge is 2.06. The third-order valence-corrected chi connectivity index (χ3v) is 3.74. The van der Waals surface area contributed by atoms with Crippen LogP contribution in [0.5, 0.6) is 0 Å². The Bertz CT molecular complexity index is 315. The maximum Gasteiger partial charge on any atom is 0.0941 e. The largest absolute Gasteiger partial charge is 0.300 e. The van der Waals surface area contributed by atoms with Gasteiger partial charge in [0, 0.05) is 9.79 Å². The lowest BCUT2D eigenvalue weighted by Crippen LogP contribution is -2.01. The van der Waals surface area contributed by atoms with Crippen molar-refractivity contribution in [3.63, 3.8) is 0 Å². The summed E-state index contributed by atoms with van der Waals surface area (Å²) in [5.74, 6) is 5.10. The molecule has 0 unspecified atom stereocenters. The molecule has 2 nitrogen and oxygen atoms in total. The monoisotopic (exact) mass is 229 g/mol. The number of benzene rings is 1. The molecule has 14 heavy (non-hydrogen) atoms. The summed E-state index contributed by atoms with van der Waals surface area (Å²) in [4.78, 5) is 7.22. The first-order chi connectivity index (χ1) is 6.72. The number of nitrogens with two attached hydrogens (primary N) is 1. The van der Waals surface area contributed by atoms with Crippen LogP contribution in [0.2, 0.25) is 0 Å². The van der Waals surface area contributed by atoms with Crippen LogP contribution < -0.4 is 5.90 Å². The Balaban J connectivity index is 3.11. The second-order valence-electron chi connectivity index (χ2n) is 2.94. The van der Waals surface area contributed by atoms with Gasteiger partial charge in [-0.25, -0.2) is 5.90 Å². The van der Waals surface area contributed by atoms with E-state index >= 15 is 0 Å². The molecule has 1 aromatic rings. The molecule has 4 heteroatoms. The smallest absolute Gasteiger partial charge is 0.0941 e. The average Bonchev–Trinajstić information content (AvgIpc) is 2.20. The highest BCUT2D eigenvalue weighted by Crippen LogP contribution is 2.29. The molecule has 0 spiro atoms. The zero-order chi connectivity index (χ0) is 10.6. The third kappa shape index (κ3) is 2.67. The fourth-order valence-corrected chi connectivity index (χ4v) is 2.63. The van der Waals surface area contributed by atoms with Crippen molar-refractivity contribution in [1.82, 2.24) is 0 Å². The van der Waals surface area contributed by atoms with Gasteiger partial charge in [-0.1, -0.05) is 0 Å². The van der Waals surface area contributed by atoms with Gasteiger partial charge in [0.1, 0.15) is 0 Å². The fraction of sp³-hybridized carbons (Fsp3) is 0.400. The zero-order valence-electron chi connectivity index (χ0n) is 8.66. The molecule has 0 radical (unpaired) electrons. The second kappa shape index (κ2) is 5.66. The number of hydrogen-bond donors (Lipinski definition) is 1. The molecule has 0 aliphatic rings. The maximum atomic E-state index is 5.10. The molecule has 1 rings (SSSR count). The molecular weight excluding hydrogens is 214 g/mol. The van der Waals surface area contributed by atoms with Crippen molar-refractivity contribution in [2.45, 2.75) is 23.3 Å². The highest BCUT2D eigenvalue weighted by atomic mass is 32.2. The first kappa shape index (κ1) is 11.9. The molecular formula is C10H15NOS2. The highest BCUT2D eigenvalue weighted by molar-refractivity contribution is 7.99. The van der Waals surface area contributed by atoms with E-state index in [1.54, 1.807) is 23.5 Å². The summed E-state index contributed by atoms with van der Waals surface area (Å²) in [6.07, 6.45) is 4.14. The molecule has 78 valence electrons. The van der Waals surface area contributed by atoms with E-state index in [-0.39, 0.29) is 0 Å². The molecule has 0 fully saturated rings. The van der Waals surface area contributed by atoms with Gasteiger partial charge in [0.25, 0.3) is 0 Å². The van der Waals surface area contributed by atoms with E-state index in [1.807, 2.05) is 0 Å². The van der Waals surface area contributed by atoms with Crippen molar-refractivity contribution >= 4 is 23.5 Å². The molecule has 0 bridgehead atoms. The molecule has 0 amide bonds. The number of rotatable bonds is 4. The van der Waals surface area contributed by atoms with Crippen LogP contribution in [0, 0.1) is 6.92 Å². The topological polar surface area (TPSA) is 35.2 Å². The van der Waals surface area contributed by atoms with E-state index < -0.39 is 0 Å². The van der Waals surface area contributed by atoms with E-state index in [4.69, 9.17) is 5.90 Å². The summed E-state index contributed by atoms with van der Waals surface area (Å²) in [6.45, 7) is 2.60. The van der Waals surface area contributed by atoms with Crippen molar-refractivity contribution in [3.8, 4) is 0 Å². The van der Waals surface area contributed by atoms with Crippen LogP contribution in [0.3, 0.4) is 0 Å². The van der Waals surface area contributed by atoms with Gasteiger partial charge in [-0.2, -0.15) is 0 Å². The average molecular weight is 229 g/mol. The summed E-state index contributed by atoms with van der Waals surface area (Å²) in [7, 11) is 0. The van der Waals surface area contributed by atoms with Crippen LogP contribution in [0.4, 0.5) is 0 Å². The van der Waals surface area contributed by atoms with Crippen molar-refractivity contribution < 1.29 is 4.84 Å². The first-order valence-corrected chi connectivity index (χ1v) is 6.71.